The Balaban J connectivity index is 1.77. The van der Waals surface area contributed by atoms with Crippen LogP contribution >= 0.6 is 0 Å². The van der Waals surface area contributed by atoms with Crippen LogP contribution in [0, 0.1) is 0 Å². The number of amides is 1. The van der Waals surface area contributed by atoms with Gasteiger partial charge in [-0.1, -0.05) is 61.2 Å². The first kappa shape index (κ1) is 19.3. The maximum atomic E-state index is 13.4. The van der Waals surface area contributed by atoms with Gasteiger partial charge in [-0.15, -0.1) is 0 Å². The van der Waals surface area contributed by atoms with E-state index in [-0.39, 0.29) is 5.91 Å². The second kappa shape index (κ2) is 8.57. The number of fused-ring (bicyclic) bond motifs is 1. The van der Waals surface area contributed by atoms with Gasteiger partial charge in [-0.05, 0) is 18.2 Å². The van der Waals surface area contributed by atoms with Gasteiger partial charge in [-0.3, -0.25) is 9.78 Å². The lowest BCUT2D eigenvalue weighted by molar-refractivity contribution is 0.0930. The summed E-state index contributed by atoms with van der Waals surface area (Å²) in [6, 6.07) is 22.4. The Hall–Kier alpha value is -3.99. The summed E-state index contributed by atoms with van der Waals surface area (Å²) >= 11 is 0. The van der Waals surface area contributed by atoms with E-state index in [4.69, 9.17) is 9.72 Å². The Morgan fingerprint density at radius 2 is 1.80 bits per heavy atom. The first-order valence-electron chi connectivity index (χ1n) is 9.56. The minimum absolute atomic E-state index is 0.238. The van der Waals surface area contributed by atoms with Crippen molar-refractivity contribution >= 4 is 16.8 Å². The molecule has 2 heterocycles. The molecule has 0 saturated carbocycles. The highest BCUT2D eigenvalue weighted by molar-refractivity contribution is 6.07. The van der Waals surface area contributed by atoms with Crippen LogP contribution in [0.5, 0.6) is 0 Å². The van der Waals surface area contributed by atoms with E-state index in [1.54, 1.807) is 12.4 Å². The molecule has 2 aromatic carbocycles. The van der Waals surface area contributed by atoms with Crippen LogP contribution in [0.2, 0.25) is 0 Å². The molecule has 0 radical (unpaired) electrons. The lowest BCUT2D eigenvalue weighted by Gasteiger charge is -2.21. The van der Waals surface area contributed by atoms with Crippen LogP contribution in [0.25, 0.3) is 22.2 Å². The summed E-state index contributed by atoms with van der Waals surface area (Å²) in [5.74, 6) is 0.191. The van der Waals surface area contributed by atoms with E-state index in [9.17, 15) is 4.79 Å². The predicted octanol–water partition coefficient (Wildman–Crippen LogP) is 4.93. The Labute approximate surface area is 175 Å². The molecular formula is C25H21N3O2. The molecule has 0 saturated heterocycles. The van der Waals surface area contributed by atoms with Crippen LogP contribution in [0.1, 0.15) is 22.0 Å². The Kier molecular flexibility index (Phi) is 5.52. The van der Waals surface area contributed by atoms with Crippen molar-refractivity contribution in [2.45, 2.75) is 6.04 Å². The Bertz CT molecular complexity index is 1190. The highest BCUT2D eigenvalue weighted by Gasteiger charge is 2.22. The van der Waals surface area contributed by atoms with Gasteiger partial charge in [-0.25, -0.2) is 4.98 Å². The first-order valence-corrected chi connectivity index (χ1v) is 9.56. The molecule has 1 amide bonds. The third-order valence-corrected chi connectivity index (χ3v) is 4.91. The van der Waals surface area contributed by atoms with Gasteiger partial charge < -0.3 is 10.1 Å². The number of carbonyl (C=O) groups excluding carboxylic acids is 1. The molecule has 1 atom stereocenters. The van der Waals surface area contributed by atoms with E-state index in [0.29, 0.717) is 11.3 Å². The van der Waals surface area contributed by atoms with Crippen molar-refractivity contribution in [3.63, 3.8) is 0 Å². The standard InChI is InChI=1S/C25H21N3O2/c1-17(30-2)24(19-11-8-14-26-16-19)28-25(29)21-15-23(18-9-4-3-5-10-18)27-22-13-7-6-12-20(21)22/h3-16,24H,1H2,2H3,(H,28,29). The van der Waals surface area contributed by atoms with Crippen LogP contribution in [-0.4, -0.2) is 23.0 Å². The molecule has 4 aromatic rings. The molecule has 30 heavy (non-hydrogen) atoms. The molecule has 0 aliphatic heterocycles. The molecule has 0 aliphatic rings. The van der Waals surface area contributed by atoms with Crippen molar-refractivity contribution in [3.05, 3.63) is 109 Å². The van der Waals surface area contributed by atoms with Crippen LogP contribution in [0.4, 0.5) is 0 Å². The molecule has 2 aromatic heterocycles. The van der Waals surface area contributed by atoms with Crippen molar-refractivity contribution < 1.29 is 9.53 Å². The zero-order valence-electron chi connectivity index (χ0n) is 16.6. The number of rotatable bonds is 6. The molecular weight excluding hydrogens is 374 g/mol. The van der Waals surface area contributed by atoms with Gasteiger partial charge in [-0.2, -0.15) is 0 Å². The quantitative estimate of drug-likeness (QED) is 0.470. The van der Waals surface area contributed by atoms with E-state index >= 15 is 0 Å². The van der Waals surface area contributed by atoms with E-state index in [2.05, 4.69) is 16.9 Å². The highest BCUT2D eigenvalue weighted by atomic mass is 16.5. The normalized spacial score (nSPS) is 11.6. The number of benzene rings is 2. The van der Waals surface area contributed by atoms with Gasteiger partial charge >= 0.3 is 0 Å². The number of hydrogen-bond donors (Lipinski definition) is 1. The Morgan fingerprint density at radius 1 is 1.03 bits per heavy atom. The third-order valence-electron chi connectivity index (χ3n) is 4.91. The maximum absolute atomic E-state index is 13.4. The van der Waals surface area contributed by atoms with E-state index in [0.717, 1.165) is 27.7 Å². The summed E-state index contributed by atoms with van der Waals surface area (Å²) in [5, 5.41) is 3.82. The van der Waals surface area contributed by atoms with E-state index in [1.165, 1.54) is 7.11 Å². The zero-order valence-corrected chi connectivity index (χ0v) is 16.6. The molecule has 5 nitrogen and oxygen atoms in total. The zero-order chi connectivity index (χ0) is 20.9. The predicted molar refractivity (Wildman–Crippen MR) is 118 cm³/mol. The average Bonchev–Trinajstić information content (AvgIpc) is 2.82. The summed E-state index contributed by atoms with van der Waals surface area (Å²) in [6.07, 6.45) is 3.37. The summed E-state index contributed by atoms with van der Waals surface area (Å²) in [4.78, 5) is 22.3. The number of carbonyl (C=O) groups is 1. The molecule has 1 N–H and O–H groups in total. The number of pyridine rings is 2. The van der Waals surface area contributed by atoms with E-state index < -0.39 is 6.04 Å². The number of methoxy groups -OCH3 is 1. The number of aromatic nitrogens is 2. The van der Waals surface area contributed by atoms with Crippen molar-refractivity contribution in [2.75, 3.05) is 7.11 Å². The number of nitrogens with one attached hydrogen (secondary N) is 1. The van der Waals surface area contributed by atoms with Crippen LogP contribution in [-0.2, 0) is 4.74 Å². The molecule has 5 heteroatoms. The van der Waals surface area contributed by atoms with Gasteiger partial charge in [0.2, 0.25) is 0 Å². The fraction of sp³-hybridized carbons (Fsp3) is 0.0800. The molecule has 0 spiro atoms. The molecule has 148 valence electrons. The van der Waals surface area contributed by atoms with Crippen molar-refractivity contribution in [1.29, 1.82) is 0 Å². The number of para-hydroxylation sites is 1. The van der Waals surface area contributed by atoms with Crippen LogP contribution < -0.4 is 5.32 Å². The van der Waals surface area contributed by atoms with Gasteiger partial charge in [0.15, 0.2) is 0 Å². The minimum atomic E-state index is -0.525. The smallest absolute Gasteiger partial charge is 0.252 e. The van der Waals surface area contributed by atoms with Gasteiger partial charge in [0, 0.05) is 28.9 Å². The van der Waals surface area contributed by atoms with Crippen LogP contribution in [0.15, 0.2) is 97.5 Å². The summed E-state index contributed by atoms with van der Waals surface area (Å²) in [7, 11) is 1.53. The van der Waals surface area contributed by atoms with E-state index in [1.807, 2.05) is 72.8 Å². The molecule has 0 bridgehead atoms. The lowest BCUT2D eigenvalue weighted by atomic mass is 10.0. The van der Waals surface area contributed by atoms with Crippen molar-refractivity contribution in [3.8, 4) is 11.3 Å². The Morgan fingerprint density at radius 3 is 2.53 bits per heavy atom. The third kappa shape index (κ3) is 3.91. The van der Waals surface area contributed by atoms with Gasteiger partial charge in [0.25, 0.3) is 5.91 Å². The summed E-state index contributed by atoms with van der Waals surface area (Å²) in [6.45, 7) is 3.95. The molecule has 0 fully saturated rings. The summed E-state index contributed by atoms with van der Waals surface area (Å²) in [5.41, 5.74) is 3.77. The average molecular weight is 395 g/mol. The highest BCUT2D eigenvalue weighted by Crippen LogP contribution is 2.26. The maximum Gasteiger partial charge on any atom is 0.252 e. The van der Waals surface area contributed by atoms with Crippen molar-refractivity contribution in [1.82, 2.24) is 15.3 Å². The summed E-state index contributed by atoms with van der Waals surface area (Å²) < 4.78 is 5.33. The SMILES string of the molecule is C=C(OC)C(NC(=O)c1cc(-c2ccccc2)nc2ccccc12)c1cccnc1. The van der Waals surface area contributed by atoms with Crippen LogP contribution in [0.3, 0.4) is 0 Å². The molecule has 4 rings (SSSR count). The second-order valence-corrected chi connectivity index (χ2v) is 6.80. The number of hydrogen-bond acceptors (Lipinski definition) is 4. The molecule has 1 unspecified atom stereocenters. The monoisotopic (exact) mass is 395 g/mol. The lowest BCUT2D eigenvalue weighted by Crippen LogP contribution is -2.30. The van der Waals surface area contributed by atoms with Crippen molar-refractivity contribution in [2.24, 2.45) is 0 Å². The largest absolute Gasteiger partial charge is 0.499 e. The first-order chi connectivity index (χ1) is 14.7. The topological polar surface area (TPSA) is 64.1 Å². The molecule has 0 aliphatic carbocycles. The van der Waals surface area contributed by atoms with Gasteiger partial charge in [0.05, 0.1) is 23.9 Å². The van der Waals surface area contributed by atoms with Gasteiger partial charge in [0.1, 0.15) is 11.8 Å². The second-order valence-electron chi connectivity index (χ2n) is 6.80. The minimum Gasteiger partial charge on any atom is -0.499 e. The fourth-order valence-corrected chi connectivity index (χ4v) is 3.34. The fourth-order valence-electron chi connectivity index (χ4n) is 3.34. The number of ether oxygens (including phenoxy) is 1. The number of nitrogens with zero attached hydrogens (tertiary/aromatic N) is 2.